The second-order valence-corrected chi connectivity index (χ2v) is 8.10. The number of allylic oxidation sites excluding steroid dienone is 2. The molecule has 1 aromatic heterocycles. The van der Waals surface area contributed by atoms with Gasteiger partial charge in [0.15, 0.2) is 0 Å². The van der Waals surface area contributed by atoms with Crippen LogP contribution in [0.5, 0.6) is 0 Å². The predicted molar refractivity (Wildman–Crippen MR) is 97.2 cm³/mol. The summed E-state index contributed by atoms with van der Waals surface area (Å²) in [7, 11) is 0. The van der Waals surface area contributed by atoms with Crippen molar-refractivity contribution >= 4 is 28.9 Å². The summed E-state index contributed by atoms with van der Waals surface area (Å²) in [5.41, 5.74) is 2.94. The van der Waals surface area contributed by atoms with Crippen molar-refractivity contribution in [1.82, 2.24) is 9.99 Å². The number of hydrogen-bond donors (Lipinski definition) is 1. The second kappa shape index (κ2) is 4.72. The number of carbonyl (C=O) groups is 2. The summed E-state index contributed by atoms with van der Waals surface area (Å²) in [6.45, 7) is 1.98. The molecule has 7 rings (SSSR count). The van der Waals surface area contributed by atoms with Gasteiger partial charge in [0.05, 0.1) is 18.1 Å². The summed E-state index contributed by atoms with van der Waals surface area (Å²) in [5.74, 6) is 1.09. The molecule has 2 aromatic rings. The normalized spacial score (nSPS) is 37.0. The van der Waals surface area contributed by atoms with Gasteiger partial charge in [0, 0.05) is 22.2 Å². The standard InChI is InChI=1S/C21H19N3O2/c1-10-16(11-4-2-3-5-17(11)23-10)9-22-24-20(25)18-12-6-7-13(15-8-14(12)15)19(18)21(24)26/h2-7,9,12-15,18-19,23H,8H2,1H3/b22-9+. The number of nitrogens with one attached hydrogen (secondary N) is 1. The fourth-order valence-electron chi connectivity index (χ4n) is 5.64. The molecule has 0 spiro atoms. The Kier molecular flexibility index (Phi) is 2.63. The molecule has 5 nitrogen and oxygen atoms in total. The number of aryl methyl sites for hydroxylation is 1. The number of fused-ring (bicyclic) bond motifs is 1. The molecule has 2 heterocycles. The van der Waals surface area contributed by atoms with E-state index in [2.05, 4.69) is 22.2 Å². The highest BCUT2D eigenvalue weighted by molar-refractivity contribution is 6.07. The lowest BCUT2D eigenvalue weighted by Gasteiger charge is -2.37. The van der Waals surface area contributed by atoms with E-state index in [1.807, 2.05) is 31.2 Å². The lowest BCUT2D eigenvalue weighted by Crippen LogP contribution is -2.40. The first-order valence-electron chi connectivity index (χ1n) is 9.32. The van der Waals surface area contributed by atoms with Crippen LogP contribution in [0.3, 0.4) is 0 Å². The van der Waals surface area contributed by atoms with E-state index in [-0.39, 0.29) is 35.5 Å². The number of hydrazone groups is 1. The number of para-hydroxylation sites is 1. The van der Waals surface area contributed by atoms with Gasteiger partial charge in [-0.25, -0.2) is 0 Å². The Morgan fingerprint density at radius 2 is 1.73 bits per heavy atom. The van der Waals surface area contributed by atoms with Crippen LogP contribution in [0.4, 0.5) is 0 Å². The Labute approximate surface area is 150 Å². The van der Waals surface area contributed by atoms with E-state index < -0.39 is 0 Å². The third kappa shape index (κ3) is 1.68. The maximum atomic E-state index is 13.0. The number of nitrogens with zero attached hydrogens (tertiary/aromatic N) is 2. The number of aromatic amines is 1. The number of benzene rings is 1. The van der Waals surface area contributed by atoms with Gasteiger partial charge in [-0.3, -0.25) is 9.59 Å². The van der Waals surface area contributed by atoms with E-state index in [0.29, 0.717) is 11.8 Å². The molecular formula is C21H19N3O2. The van der Waals surface area contributed by atoms with Crippen molar-refractivity contribution in [3.05, 3.63) is 47.7 Å². The van der Waals surface area contributed by atoms with E-state index in [1.54, 1.807) is 6.21 Å². The Morgan fingerprint density at radius 3 is 2.42 bits per heavy atom. The number of imide groups is 1. The summed E-state index contributed by atoms with van der Waals surface area (Å²) in [4.78, 5) is 29.2. The highest BCUT2D eigenvalue weighted by Crippen LogP contribution is 2.65. The molecule has 130 valence electrons. The van der Waals surface area contributed by atoms with E-state index in [9.17, 15) is 9.59 Å². The minimum absolute atomic E-state index is 0.113. The van der Waals surface area contributed by atoms with Crippen LogP contribution in [-0.4, -0.2) is 28.0 Å². The summed E-state index contributed by atoms with van der Waals surface area (Å²) in [6.07, 6.45) is 7.20. The average Bonchev–Trinajstić information content (AvgIpc) is 3.36. The number of aromatic nitrogens is 1. The fraction of sp³-hybridized carbons (Fsp3) is 0.381. The molecule has 4 aliphatic carbocycles. The Balaban J connectivity index is 1.36. The van der Waals surface area contributed by atoms with E-state index in [1.165, 1.54) is 6.42 Å². The van der Waals surface area contributed by atoms with Gasteiger partial charge in [-0.2, -0.15) is 10.1 Å². The lowest BCUT2D eigenvalue weighted by molar-refractivity contribution is -0.140. The molecule has 1 aliphatic heterocycles. The maximum Gasteiger partial charge on any atom is 0.254 e. The zero-order chi connectivity index (χ0) is 17.6. The third-order valence-corrected chi connectivity index (χ3v) is 6.89. The highest BCUT2D eigenvalue weighted by Gasteiger charge is 2.67. The molecule has 5 aliphatic rings. The SMILES string of the molecule is Cc1[nH]c2ccccc2c1/C=N/N1C(=O)C2C3C=CC(C4CC34)C2C1=O. The lowest BCUT2D eigenvalue weighted by atomic mass is 9.63. The van der Waals surface area contributed by atoms with Crippen LogP contribution in [0, 0.1) is 42.4 Å². The second-order valence-electron chi connectivity index (χ2n) is 8.10. The molecule has 2 saturated carbocycles. The molecule has 0 radical (unpaired) electrons. The van der Waals surface area contributed by atoms with Gasteiger partial charge < -0.3 is 4.98 Å². The Hall–Kier alpha value is -2.69. The van der Waals surface area contributed by atoms with E-state index in [0.717, 1.165) is 27.2 Å². The molecular weight excluding hydrogens is 326 g/mol. The monoisotopic (exact) mass is 345 g/mol. The molecule has 1 aromatic carbocycles. The average molecular weight is 345 g/mol. The molecule has 1 N–H and O–H groups in total. The van der Waals surface area contributed by atoms with Gasteiger partial charge >= 0.3 is 0 Å². The number of amides is 2. The van der Waals surface area contributed by atoms with Gasteiger partial charge in [0.25, 0.3) is 11.8 Å². The zero-order valence-corrected chi connectivity index (χ0v) is 14.4. The van der Waals surface area contributed by atoms with Crippen LogP contribution in [0.15, 0.2) is 41.5 Å². The molecule has 2 bridgehead atoms. The summed E-state index contributed by atoms with van der Waals surface area (Å²) < 4.78 is 0. The van der Waals surface area contributed by atoms with Gasteiger partial charge in [-0.1, -0.05) is 30.4 Å². The van der Waals surface area contributed by atoms with Crippen molar-refractivity contribution < 1.29 is 9.59 Å². The van der Waals surface area contributed by atoms with Crippen LogP contribution < -0.4 is 0 Å². The topological polar surface area (TPSA) is 65.5 Å². The first-order chi connectivity index (χ1) is 12.6. The van der Waals surface area contributed by atoms with Crippen LogP contribution >= 0.6 is 0 Å². The molecule has 26 heavy (non-hydrogen) atoms. The molecule has 6 atom stereocenters. The molecule has 1 saturated heterocycles. The number of rotatable bonds is 2. The Bertz CT molecular complexity index is 997. The van der Waals surface area contributed by atoms with Gasteiger partial charge in [-0.15, -0.1) is 0 Å². The highest BCUT2D eigenvalue weighted by atomic mass is 16.2. The molecule has 3 fully saturated rings. The van der Waals surface area contributed by atoms with Crippen molar-refractivity contribution in [3.63, 3.8) is 0 Å². The van der Waals surface area contributed by atoms with Crippen molar-refractivity contribution in [1.29, 1.82) is 0 Å². The number of hydrogen-bond acceptors (Lipinski definition) is 3. The van der Waals surface area contributed by atoms with Crippen molar-refractivity contribution in [2.24, 2.45) is 40.6 Å². The summed E-state index contributed by atoms with van der Waals surface area (Å²) in [5, 5.41) is 6.56. The van der Waals surface area contributed by atoms with E-state index in [4.69, 9.17) is 0 Å². The van der Waals surface area contributed by atoms with Gasteiger partial charge in [0.1, 0.15) is 0 Å². The van der Waals surface area contributed by atoms with Crippen molar-refractivity contribution in [2.75, 3.05) is 0 Å². The van der Waals surface area contributed by atoms with Crippen LogP contribution in [-0.2, 0) is 9.59 Å². The minimum atomic E-state index is -0.192. The Morgan fingerprint density at radius 1 is 1.08 bits per heavy atom. The largest absolute Gasteiger partial charge is 0.358 e. The number of H-pyrrole nitrogens is 1. The molecule has 6 unspecified atom stereocenters. The predicted octanol–water partition coefficient (Wildman–Crippen LogP) is 2.86. The quantitative estimate of drug-likeness (QED) is 0.517. The third-order valence-electron chi connectivity index (χ3n) is 6.89. The van der Waals surface area contributed by atoms with E-state index >= 15 is 0 Å². The number of carbonyl (C=O) groups excluding carboxylic acids is 2. The first kappa shape index (κ1) is 14.5. The van der Waals surface area contributed by atoms with Crippen molar-refractivity contribution in [2.45, 2.75) is 13.3 Å². The zero-order valence-electron chi connectivity index (χ0n) is 14.4. The first-order valence-corrected chi connectivity index (χ1v) is 9.32. The molecule has 5 heteroatoms. The van der Waals surface area contributed by atoms with Crippen LogP contribution in [0.2, 0.25) is 0 Å². The van der Waals surface area contributed by atoms with Crippen LogP contribution in [0.1, 0.15) is 17.7 Å². The summed E-state index contributed by atoms with van der Waals surface area (Å²) >= 11 is 0. The van der Waals surface area contributed by atoms with Gasteiger partial charge in [-0.05, 0) is 43.1 Å². The molecule has 2 amide bonds. The summed E-state index contributed by atoms with van der Waals surface area (Å²) in [6, 6.07) is 7.98. The van der Waals surface area contributed by atoms with Crippen molar-refractivity contribution in [3.8, 4) is 0 Å². The maximum absolute atomic E-state index is 13.0. The smallest absolute Gasteiger partial charge is 0.254 e. The van der Waals surface area contributed by atoms with Gasteiger partial charge in [0.2, 0.25) is 0 Å². The minimum Gasteiger partial charge on any atom is -0.358 e. The van der Waals surface area contributed by atoms with Crippen LogP contribution in [0.25, 0.3) is 10.9 Å². The fourth-order valence-corrected chi connectivity index (χ4v) is 5.64.